The number of quaternary nitrogens is 1. The number of hydrogen-bond acceptors (Lipinski definition) is 2. The fourth-order valence-corrected chi connectivity index (χ4v) is 4.27. The van der Waals surface area contributed by atoms with Gasteiger partial charge < -0.3 is 10.2 Å². The van der Waals surface area contributed by atoms with Gasteiger partial charge in [-0.3, -0.25) is 4.79 Å². The van der Waals surface area contributed by atoms with Crippen LogP contribution in [0.15, 0.2) is 83.9 Å². The molecule has 3 aromatic rings. The van der Waals surface area contributed by atoms with E-state index in [4.69, 9.17) is 4.99 Å². The summed E-state index contributed by atoms with van der Waals surface area (Å²) < 4.78 is 0. The van der Waals surface area contributed by atoms with Crippen LogP contribution >= 0.6 is 0 Å². The van der Waals surface area contributed by atoms with Gasteiger partial charge in [-0.25, -0.2) is 4.99 Å². The van der Waals surface area contributed by atoms with Crippen molar-refractivity contribution < 1.29 is 9.69 Å². The second-order valence-electron chi connectivity index (χ2n) is 7.41. The molecular weight excluding hydrogens is 346 g/mol. The first-order valence-electron chi connectivity index (χ1n) is 9.75. The lowest BCUT2D eigenvalue weighted by atomic mass is 9.95. The van der Waals surface area contributed by atoms with E-state index in [0.717, 1.165) is 42.2 Å². The number of benzene rings is 3. The predicted molar refractivity (Wildman–Crippen MR) is 111 cm³/mol. The van der Waals surface area contributed by atoms with Gasteiger partial charge in [0.1, 0.15) is 12.3 Å². The maximum Gasteiger partial charge on any atom is 0.289 e. The van der Waals surface area contributed by atoms with Crippen molar-refractivity contribution in [3.8, 4) is 0 Å². The molecule has 0 aromatic heterocycles. The van der Waals surface area contributed by atoms with E-state index in [1.165, 1.54) is 16.0 Å². The smallest absolute Gasteiger partial charge is 0.289 e. The van der Waals surface area contributed by atoms with Gasteiger partial charge in [0, 0.05) is 17.5 Å². The largest absolute Gasteiger partial charge is 0.319 e. The number of carbonyl (C=O) groups excluding carboxylic acids is 1. The summed E-state index contributed by atoms with van der Waals surface area (Å²) in [6.07, 6.45) is 0.976. The van der Waals surface area contributed by atoms with Crippen LogP contribution in [0.2, 0.25) is 0 Å². The molecule has 2 N–H and O–H groups in total. The molecule has 4 heteroatoms. The van der Waals surface area contributed by atoms with Gasteiger partial charge in [0.2, 0.25) is 6.04 Å². The third-order valence-corrected chi connectivity index (χ3v) is 5.67. The summed E-state index contributed by atoms with van der Waals surface area (Å²) >= 11 is 0. The van der Waals surface area contributed by atoms with Crippen molar-refractivity contribution in [2.24, 2.45) is 4.99 Å². The lowest BCUT2D eigenvalue weighted by Crippen LogP contribution is -3.17. The molecule has 138 valence electrons. The molecule has 1 unspecified atom stereocenters. The van der Waals surface area contributed by atoms with Gasteiger partial charge in [-0.05, 0) is 17.7 Å². The summed E-state index contributed by atoms with van der Waals surface area (Å²) in [5.74, 6) is 0.0157. The molecule has 0 saturated heterocycles. The van der Waals surface area contributed by atoms with Crippen molar-refractivity contribution in [3.63, 3.8) is 0 Å². The Morgan fingerprint density at radius 3 is 2.43 bits per heavy atom. The number of hydrogen-bond donors (Lipinski definition) is 2. The van der Waals surface area contributed by atoms with Gasteiger partial charge in [0.05, 0.1) is 17.9 Å². The van der Waals surface area contributed by atoms with E-state index < -0.39 is 0 Å². The molecule has 0 aliphatic carbocycles. The number of nitrogens with zero attached hydrogens (tertiary/aromatic N) is 1. The molecule has 4 nitrogen and oxygen atoms in total. The molecule has 2 aliphatic heterocycles. The Bertz CT molecular complexity index is 1060. The van der Waals surface area contributed by atoms with Crippen molar-refractivity contribution >= 4 is 23.0 Å². The topological polar surface area (TPSA) is 45.9 Å². The number of rotatable bonds is 2. The van der Waals surface area contributed by atoms with E-state index >= 15 is 0 Å². The average molecular weight is 368 g/mol. The first kappa shape index (κ1) is 16.9. The maximum absolute atomic E-state index is 13.4. The number of amides is 1. The van der Waals surface area contributed by atoms with Crippen LogP contribution < -0.4 is 10.2 Å². The van der Waals surface area contributed by atoms with Crippen LogP contribution in [0.5, 0.6) is 0 Å². The SMILES string of the molecule is O=C1Nc2ccccc2N=C(c2ccccc2)[C@H]1[NH+]1CCc2ccccc2C1. The zero-order valence-corrected chi connectivity index (χ0v) is 15.6. The van der Waals surface area contributed by atoms with Crippen molar-refractivity contribution in [3.05, 3.63) is 95.6 Å². The van der Waals surface area contributed by atoms with E-state index in [2.05, 4.69) is 29.6 Å². The predicted octanol–water partition coefficient (Wildman–Crippen LogP) is 2.77. The van der Waals surface area contributed by atoms with E-state index in [1.54, 1.807) is 0 Å². The second kappa shape index (κ2) is 7.06. The summed E-state index contributed by atoms with van der Waals surface area (Å²) in [6.45, 7) is 1.74. The highest BCUT2D eigenvalue weighted by Crippen LogP contribution is 2.28. The van der Waals surface area contributed by atoms with E-state index in [1.807, 2.05) is 54.6 Å². The molecule has 28 heavy (non-hydrogen) atoms. The molecule has 2 heterocycles. The van der Waals surface area contributed by atoms with Crippen molar-refractivity contribution in [1.82, 2.24) is 0 Å². The lowest BCUT2D eigenvalue weighted by molar-refractivity contribution is -0.921. The summed E-state index contributed by atoms with van der Waals surface area (Å²) in [5, 5.41) is 3.12. The van der Waals surface area contributed by atoms with Gasteiger partial charge in [0.15, 0.2) is 0 Å². The van der Waals surface area contributed by atoms with Gasteiger partial charge in [0.25, 0.3) is 5.91 Å². The minimum atomic E-state index is -0.344. The Hall–Kier alpha value is -3.24. The Morgan fingerprint density at radius 1 is 0.857 bits per heavy atom. The number of fused-ring (bicyclic) bond motifs is 2. The van der Waals surface area contributed by atoms with Gasteiger partial charge in [-0.2, -0.15) is 0 Å². The molecule has 0 bridgehead atoms. The van der Waals surface area contributed by atoms with Crippen LogP contribution in [0.4, 0.5) is 11.4 Å². The lowest BCUT2D eigenvalue weighted by Gasteiger charge is -2.31. The van der Waals surface area contributed by atoms with Crippen molar-refractivity contribution in [1.29, 1.82) is 0 Å². The van der Waals surface area contributed by atoms with Crippen LogP contribution in [0.25, 0.3) is 0 Å². The number of aliphatic imine (C=N–C) groups is 1. The highest BCUT2D eigenvalue weighted by atomic mass is 16.2. The Morgan fingerprint density at radius 2 is 1.57 bits per heavy atom. The summed E-state index contributed by atoms with van der Waals surface area (Å²) in [5.41, 5.74) is 6.16. The normalized spacial score (nSPS) is 21.0. The molecule has 2 atom stereocenters. The average Bonchev–Trinajstić information content (AvgIpc) is 2.89. The Labute approximate surface area is 164 Å². The number of anilines is 1. The van der Waals surface area contributed by atoms with Crippen molar-refractivity contribution in [2.45, 2.75) is 19.0 Å². The van der Waals surface area contributed by atoms with E-state index in [0.29, 0.717) is 0 Å². The van der Waals surface area contributed by atoms with E-state index in [-0.39, 0.29) is 11.9 Å². The van der Waals surface area contributed by atoms with Crippen LogP contribution in [0.1, 0.15) is 16.7 Å². The molecule has 0 spiro atoms. The van der Waals surface area contributed by atoms with Gasteiger partial charge in [-0.1, -0.05) is 66.7 Å². The molecule has 1 amide bonds. The fourth-order valence-electron chi connectivity index (χ4n) is 4.27. The summed E-state index contributed by atoms with van der Waals surface area (Å²) in [4.78, 5) is 19.6. The van der Waals surface area contributed by atoms with Crippen LogP contribution in [0.3, 0.4) is 0 Å². The number of nitrogens with one attached hydrogen (secondary N) is 2. The molecule has 0 fully saturated rings. The monoisotopic (exact) mass is 368 g/mol. The molecule has 3 aromatic carbocycles. The molecule has 5 rings (SSSR count). The van der Waals surface area contributed by atoms with Crippen LogP contribution in [-0.2, 0) is 17.8 Å². The molecule has 0 radical (unpaired) electrons. The van der Waals surface area contributed by atoms with E-state index in [9.17, 15) is 4.79 Å². The van der Waals surface area contributed by atoms with Gasteiger partial charge in [-0.15, -0.1) is 0 Å². The third kappa shape index (κ3) is 3.02. The Kier molecular flexibility index (Phi) is 4.26. The minimum absolute atomic E-state index is 0.0157. The zero-order valence-electron chi connectivity index (χ0n) is 15.6. The number of carbonyl (C=O) groups is 1. The second-order valence-corrected chi connectivity index (χ2v) is 7.41. The fraction of sp³-hybridized carbons (Fsp3) is 0.167. The summed E-state index contributed by atoms with van der Waals surface area (Å²) in [7, 11) is 0. The highest BCUT2D eigenvalue weighted by Gasteiger charge is 2.39. The molecule has 2 aliphatic rings. The standard InChI is InChI=1S/C24H21N3O/c28-24-23(27-15-14-17-8-4-5-11-19(17)16-27)22(18-9-2-1-3-10-18)25-20-12-6-7-13-21(20)26-24/h1-13,23H,14-16H2,(H,26,28)/p+1/t23-/m1/s1. The van der Waals surface area contributed by atoms with Crippen LogP contribution in [-0.4, -0.2) is 24.2 Å². The van der Waals surface area contributed by atoms with Crippen molar-refractivity contribution in [2.75, 3.05) is 11.9 Å². The minimum Gasteiger partial charge on any atom is -0.319 e. The van der Waals surface area contributed by atoms with Crippen LogP contribution in [0, 0.1) is 0 Å². The first-order chi connectivity index (χ1) is 13.8. The Balaban J connectivity index is 1.60. The zero-order chi connectivity index (χ0) is 18.9. The van der Waals surface area contributed by atoms with Gasteiger partial charge >= 0.3 is 0 Å². The molecular formula is C24H22N3O+. The highest BCUT2D eigenvalue weighted by molar-refractivity contribution is 6.21. The first-order valence-corrected chi connectivity index (χ1v) is 9.75. The quantitative estimate of drug-likeness (QED) is 0.718. The maximum atomic E-state index is 13.4. The summed E-state index contributed by atoms with van der Waals surface area (Å²) in [6, 6.07) is 26.1. The molecule has 0 saturated carbocycles. The number of para-hydroxylation sites is 2. The third-order valence-electron chi connectivity index (χ3n) is 5.67.